The Morgan fingerprint density at radius 2 is 1.70 bits per heavy atom. The number of ether oxygens (including phenoxy) is 1. The van der Waals surface area contributed by atoms with E-state index < -0.39 is 10.0 Å². The lowest BCUT2D eigenvalue weighted by atomic mass is 10.0. The molecule has 0 fully saturated rings. The standard InChI is InChI=1S/C20H22N2O4S/c1-13-4-5-14(2)19-18(13)12-15(20(23)22-19)10-11-21-27(24,25)17-8-6-16(26-3)7-9-17/h4-9,12,21H,10-11H2,1-3H3,(H,22,23). The molecule has 27 heavy (non-hydrogen) atoms. The van der Waals surface area contributed by atoms with Gasteiger partial charge >= 0.3 is 0 Å². The van der Waals surface area contributed by atoms with Crippen LogP contribution in [0, 0.1) is 13.8 Å². The molecule has 0 radical (unpaired) electrons. The number of sulfonamides is 1. The van der Waals surface area contributed by atoms with Gasteiger partial charge in [-0.15, -0.1) is 0 Å². The lowest BCUT2D eigenvalue weighted by Gasteiger charge is -2.10. The van der Waals surface area contributed by atoms with Gasteiger partial charge in [0.15, 0.2) is 0 Å². The smallest absolute Gasteiger partial charge is 0.251 e. The zero-order valence-corrected chi connectivity index (χ0v) is 16.3. The second kappa shape index (κ2) is 7.54. The van der Waals surface area contributed by atoms with Gasteiger partial charge in [0.1, 0.15) is 5.75 Å². The van der Waals surface area contributed by atoms with E-state index in [4.69, 9.17) is 4.74 Å². The maximum atomic E-state index is 12.4. The Kier molecular flexibility index (Phi) is 5.34. The zero-order valence-electron chi connectivity index (χ0n) is 15.5. The fourth-order valence-corrected chi connectivity index (χ4v) is 3.99. The number of H-pyrrole nitrogens is 1. The van der Waals surface area contributed by atoms with Crippen molar-refractivity contribution in [3.63, 3.8) is 0 Å². The van der Waals surface area contributed by atoms with Crippen molar-refractivity contribution in [2.45, 2.75) is 25.2 Å². The molecule has 0 unspecified atom stereocenters. The first-order valence-corrected chi connectivity index (χ1v) is 10.1. The molecule has 6 nitrogen and oxygen atoms in total. The number of fused-ring (bicyclic) bond motifs is 1. The Hall–Kier alpha value is -2.64. The van der Waals surface area contributed by atoms with Crippen LogP contribution in [-0.2, 0) is 16.4 Å². The third kappa shape index (κ3) is 4.04. The van der Waals surface area contributed by atoms with Gasteiger partial charge in [0.25, 0.3) is 5.56 Å². The summed E-state index contributed by atoms with van der Waals surface area (Å²) in [5.41, 5.74) is 3.24. The van der Waals surface area contributed by atoms with Gasteiger partial charge in [0.05, 0.1) is 17.5 Å². The number of benzene rings is 2. The molecule has 0 aliphatic heterocycles. The Labute approximate surface area is 158 Å². The van der Waals surface area contributed by atoms with Gasteiger partial charge in [-0.3, -0.25) is 4.79 Å². The van der Waals surface area contributed by atoms with Crippen LogP contribution < -0.4 is 15.0 Å². The summed E-state index contributed by atoms with van der Waals surface area (Å²) in [6.07, 6.45) is 0.300. The third-order valence-electron chi connectivity index (χ3n) is 4.58. The fourth-order valence-electron chi connectivity index (χ4n) is 2.96. The predicted octanol–water partition coefficient (Wildman–Crippen LogP) is 2.67. The average molecular weight is 386 g/mol. The minimum atomic E-state index is -3.64. The Bertz CT molecular complexity index is 1130. The van der Waals surface area contributed by atoms with Gasteiger partial charge in [0.2, 0.25) is 10.0 Å². The number of aryl methyl sites for hydroxylation is 2. The van der Waals surface area contributed by atoms with Crippen molar-refractivity contribution >= 4 is 20.9 Å². The molecule has 0 saturated carbocycles. The average Bonchev–Trinajstić information content (AvgIpc) is 2.65. The number of rotatable bonds is 6. The lowest BCUT2D eigenvalue weighted by Crippen LogP contribution is -2.27. The molecule has 0 bridgehead atoms. The number of methoxy groups -OCH3 is 1. The predicted molar refractivity (Wildman–Crippen MR) is 106 cm³/mol. The summed E-state index contributed by atoms with van der Waals surface area (Å²) in [7, 11) is -2.12. The van der Waals surface area contributed by atoms with Crippen LogP contribution in [0.15, 0.2) is 52.2 Å². The second-order valence-electron chi connectivity index (χ2n) is 6.44. The third-order valence-corrected chi connectivity index (χ3v) is 6.05. The molecule has 0 aliphatic rings. The zero-order chi connectivity index (χ0) is 19.6. The molecule has 1 heterocycles. The van der Waals surface area contributed by atoms with Crippen molar-refractivity contribution < 1.29 is 13.2 Å². The van der Waals surface area contributed by atoms with Crippen molar-refractivity contribution in [1.29, 1.82) is 0 Å². The van der Waals surface area contributed by atoms with E-state index in [9.17, 15) is 13.2 Å². The Morgan fingerprint density at radius 1 is 1.04 bits per heavy atom. The topological polar surface area (TPSA) is 88.3 Å². The van der Waals surface area contributed by atoms with Gasteiger partial charge in [-0.2, -0.15) is 0 Å². The van der Waals surface area contributed by atoms with Crippen LogP contribution in [-0.4, -0.2) is 27.1 Å². The number of aromatic nitrogens is 1. The quantitative estimate of drug-likeness (QED) is 0.682. The molecule has 0 spiro atoms. The van der Waals surface area contributed by atoms with Gasteiger partial charge in [-0.25, -0.2) is 13.1 Å². The molecule has 0 amide bonds. The number of hydrogen-bond acceptors (Lipinski definition) is 4. The van der Waals surface area contributed by atoms with Crippen LogP contribution >= 0.6 is 0 Å². The molecule has 3 aromatic rings. The first-order valence-electron chi connectivity index (χ1n) is 8.57. The van der Waals surface area contributed by atoms with E-state index in [1.54, 1.807) is 12.1 Å². The molecular weight excluding hydrogens is 364 g/mol. The van der Waals surface area contributed by atoms with E-state index >= 15 is 0 Å². The van der Waals surface area contributed by atoms with Crippen molar-refractivity contribution in [1.82, 2.24) is 9.71 Å². The monoisotopic (exact) mass is 386 g/mol. The summed E-state index contributed by atoms with van der Waals surface area (Å²) in [6.45, 7) is 4.06. The maximum absolute atomic E-state index is 12.4. The van der Waals surface area contributed by atoms with Gasteiger partial charge < -0.3 is 9.72 Å². The minimum absolute atomic E-state index is 0.133. The molecule has 1 aromatic heterocycles. The fraction of sp³-hybridized carbons (Fsp3) is 0.250. The highest BCUT2D eigenvalue weighted by Gasteiger charge is 2.14. The summed E-state index contributed by atoms with van der Waals surface area (Å²) >= 11 is 0. The van der Waals surface area contributed by atoms with Crippen molar-refractivity contribution in [2.24, 2.45) is 0 Å². The molecule has 142 valence electrons. The molecule has 7 heteroatoms. The lowest BCUT2D eigenvalue weighted by molar-refractivity contribution is 0.414. The van der Waals surface area contributed by atoms with Crippen molar-refractivity contribution in [3.05, 3.63) is 69.5 Å². The number of pyridine rings is 1. The number of aromatic amines is 1. The first-order chi connectivity index (χ1) is 12.8. The summed E-state index contributed by atoms with van der Waals surface area (Å²) in [4.78, 5) is 15.4. The molecule has 0 saturated heterocycles. The highest BCUT2D eigenvalue weighted by Crippen LogP contribution is 2.20. The second-order valence-corrected chi connectivity index (χ2v) is 8.20. The SMILES string of the molecule is COc1ccc(S(=O)(=O)NCCc2cc3c(C)ccc(C)c3[nH]c2=O)cc1. The Balaban J connectivity index is 1.77. The normalized spacial score (nSPS) is 11.7. The highest BCUT2D eigenvalue weighted by atomic mass is 32.2. The number of nitrogens with one attached hydrogen (secondary N) is 2. The minimum Gasteiger partial charge on any atom is -0.497 e. The molecule has 0 atom stereocenters. The maximum Gasteiger partial charge on any atom is 0.251 e. The van der Waals surface area contributed by atoms with E-state index in [1.165, 1.54) is 19.2 Å². The molecular formula is C20H22N2O4S. The summed E-state index contributed by atoms with van der Waals surface area (Å²) < 4.78 is 32.3. The molecule has 0 aliphatic carbocycles. The molecule has 3 rings (SSSR count). The van der Waals surface area contributed by atoms with E-state index in [0.29, 0.717) is 17.7 Å². The van der Waals surface area contributed by atoms with E-state index in [1.807, 2.05) is 32.0 Å². The summed E-state index contributed by atoms with van der Waals surface area (Å²) in [5, 5.41) is 0.975. The number of hydrogen-bond donors (Lipinski definition) is 2. The van der Waals surface area contributed by atoms with E-state index in [-0.39, 0.29) is 17.0 Å². The van der Waals surface area contributed by atoms with Crippen LogP contribution in [0.4, 0.5) is 0 Å². The van der Waals surface area contributed by atoms with Crippen LogP contribution in [0.25, 0.3) is 10.9 Å². The van der Waals surface area contributed by atoms with Gasteiger partial charge in [0, 0.05) is 17.5 Å². The molecule has 2 N–H and O–H groups in total. The van der Waals surface area contributed by atoms with E-state index in [0.717, 1.165) is 22.0 Å². The summed E-state index contributed by atoms with van der Waals surface area (Å²) in [5.74, 6) is 0.585. The van der Waals surface area contributed by atoms with Crippen LogP contribution in [0.2, 0.25) is 0 Å². The highest BCUT2D eigenvalue weighted by molar-refractivity contribution is 7.89. The van der Waals surface area contributed by atoms with Crippen molar-refractivity contribution in [3.8, 4) is 5.75 Å². The van der Waals surface area contributed by atoms with Crippen LogP contribution in [0.1, 0.15) is 16.7 Å². The van der Waals surface area contributed by atoms with Crippen LogP contribution in [0.3, 0.4) is 0 Å². The largest absolute Gasteiger partial charge is 0.497 e. The Morgan fingerprint density at radius 3 is 2.37 bits per heavy atom. The van der Waals surface area contributed by atoms with Crippen molar-refractivity contribution in [2.75, 3.05) is 13.7 Å². The van der Waals surface area contributed by atoms with Crippen LogP contribution in [0.5, 0.6) is 5.75 Å². The van der Waals surface area contributed by atoms with Gasteiger partial charge in [-0.1, -0.05) is 12.1 Å². The summed E-state index contributed by atoms with van der Waals surface area (Å²) in [6, 6.07) is 12.0. The van der Waals surface area contributed by atoms with E-state index in [2.05, 4.69) is 9.71 Å². The first kappa shape index (κ1) is 19.1. The molecule has 2 aromatic carbocycles. The van der Waals surface area contributed by atoms with Gasteiger partial charge in [-0.05, 0) is 61.7 Å².